The maximum atomic E-state index is 12.9. The first-order valence-electron chi connectivity index (χ1n) is 8.17. The van der Waals surface area contributed by atoms with Crippen LogP contribution in [0.4, 0.5) is 0 Å². The van der Waals surface area contributed by atoms with Crippen LogP contribution in [0.1, 0.15) is 32.1 Å². The van der Waals surface area contributed by atoms with E-state index in [2.05, 4.69) is 5.10 Å². The van der Waals surface area contributed by atoms with E-state index < -0.39 is 0 Å². The molecule has 2 atom stereocenters. The molecule has 0 saturated carbocycles. The Morgan fingerprint density at radius 1 is 1.32 bits per heavy atom. The number of nitrogens with zero attached hydrogens (tertiary/aromatic N) is 4. The zero-order valence-electron chi connectivity index (χ0n) is 13.1. The number of aromatic nitrogens is 2. The van der Waals surface area contributed by atoms with E-state index in [0.717, 1.165) is 38.8 Å². The second-order valence-corrected chi connectivity index (χ2v) is 6.41. The highest BCUT2D eigenvalue weighted by Gasteiger charge is 2.35. The van der Waals surface area contributed by atoms with Gasteiger partial charge in [0.2, 0.25) is 11.8 Å². The first-order valence-corrected chi connectivity index (χ1v) is 8.17. The molecule has 0 N–H and O–H groups in total. The molecule has 2 aliphatic rings. The van der Waals surface area contributed by atoms with E-state index in [0.29, 0.717) is 13.0 Å². The van der Waals surface area contributed by atoms with Crippen LogP contribution in [0.2, 0.25) is 0 Å². The van der Waals surface area contributed by atoms with E-state index in [-0.39, 0.29) is 23.8 Å². The van der Waals surface area contributed by atoms with Gasteiger partial charge in [-0.05, 0) is 31.7 Å². The van der Waals surface area contributed by atoms with E-state index >= 15 is 0 Å². The van der Waals surface area contributed by atoms with Crippen LogP contribution >= 0.6 is 0 Å². The minimum absolute atomic E-state index is 0.0882. The maximum Gasteiger partial charge on any atom is 0.226 e. The maximum absolute atomic E-state index is 12.9. The molecule has 0 aromatic carbocycles. The van der Waals surface area contributed by atoms with Crippen LogP contribution in [-0.4, -0.2) is 57.6 Å². The summed E-state index contributed by atoms with van der Waals surface area (Å²) in [6.07, 6.45) is 8.09. The van der Waals surface area contributed by atoms with Crippen LogP contribution < -0.4 is 0 Å². The third-order valence-corrected chi connectivity index (χ3v) is 4.88. The van der Waals surface area contributed by atoms with Gasteiger partial charge < -0.3 is 9.80 Å². The summed E-state index contributed by atoms with van der Waals surface area (Å²) in [5.41, 5.74) is 0. The largest absolute Gasteiger partial charge is 0.346 e. The smallest absolute Gasteiger partial charge is 0.226 e. The Kier molecular flexibility index (Phi) is 4.45. The Hall–Kier alpha value is -1.85. The molecule has 0 aliphatic carbocycles. The van der Waals surface area contributed by atoms with E-state index in [1.54, 1.807) is 11.1 Å². The van der Waals surface area contributed by atoms with Crippen molar-refractivity contribution < 1.29 is 9.59 Å². The third-order valence-electron chi connectivity index (χ3n) is 4.88. The number of hydrogen-bond acceptors (Lipinski definition) is 3. The lowest BCUT2D eigenvalue weighted by atomic mass is 9.92. The van der Waals surface area contributed by atoms with Gasteiger partial charge in [0.1, 0.15) is 0 Å². The molecule has 3 rings (SSSR count). The molecule has 1 aromatic heterocycles. The molecule has 2 aliphatic heterocycles. The average molecular weight is 304 g/mol. The van der Waals surface area contributed by atoms with Crippen LogP contribution in [0.3, 0.4) is 0 Å². The predicted molar refractivity (Wildman–Crippen MR) is 81.9 cm³/mol. The number of hydrogen-bond donors (Lipinski definition) is 0. The van der Waals surface area contributed by atoms with Crippen LogP contribution in [0.25, 0.3) is 0 Å². The van der Waals surface area contributed by atoms with Gasteiger partial charge in [-0.3, -0.25) is 14.3 Å². The molecule has 2 saturated heterocycles. The molecule has 2 amide bonds. The summed E-state index contributed by atoms with van der Waals surface area (Å²) in [5.74, 6) is 0.116. The Balaban J connectivity index is 1.67. The normalized spacial score (nSPS) is 26.3. The van der Waals surface area contributed by atoms with Crippen LogP contribution in [0, 0.1) is 5.92 Å². The van der Waals surface area contributed by atoms with Gasteiger partial charge in [-0.15, -0.1) is 0 Å². The quantitative estimate of drug-likeness (QED) is 0.841. The van der Waals surface area contributed by atoms with E-state index in [1.165, 1.54) is 0 Å². The molecule has 2 fully saturated rings. The van der Waals surface area contributed by atoms with Crippen LogP contribution in [-0.2, 0) is 16.1 Å². The molecular weight excluding hydrogens is 280 g/mol. The molecule has 3 heterocycles. The highest BCUT2D eigenvalue weighted by molar-refractivity contribution is 5.87. The summed E-state index contributed by atoms with van der Waals surface area (Å²) in [6, 6.07) is 2.11. The summed E-state index contributed by atoms with van der Waals surface area (Å²) in [5, 5.41) is 4.26. The highest BCUT2D eigenvalue weighted by Crippen LogP contribution is 2.25. The van der Waals surface area contributed by atoms with E-state index in [1.807, 2.05) is 28.9 Å². The minimum Gasteiger partial charge on any atom is -0.346 e. The lowest BCUT2D eigenvalue weighted by Gasteiger charge is -2.39. The number of carbonyl (C=O) groups excluding carboxylic acids is 2. The fraction of sp³-hybridized carbons (Fsp3) is 0.688. The average Bonchev–Trinajstić information content (AvgIpc) is 3.03. The number of piperidine rings is 2. The summed E-state index contributed by atoms with van der Waals surface area (Å²) in [4.78, 5) is 28.5. The highest BCUT2D eigenvalue weighted by atomic mass is 16.2. The molecule has 120 valence electrons. The predicted octanol–water partition coefficient (Wildman–Crippen LogP) is 1.13. The standard InChI is InChI=1S/C16H24N4O2/c1-18-10-6-13(11-15(18)21)16(22)20-9-3-2-5-14(20)12-19-8-4-7-17-19/h4,7-8,13-14H,2-3,5-6,9-12H2,1H3/t13-,14-/m1/s1. The van der Waals surface area contributed by atoms with Gasteiger partial charge in [0, 0.05) is 44.9 Å². The van der Waals surface area contributed by atoms with Crippen molar-refractivity contribution in [1.82, 2.24) is 19.6 Å². The van der Waals surface area contributed by atoms with Gasteiger partial charge in [0.05, 0.1) is 12.6 Å². The molecule has 0 radical (unpaired) electrons. The monoisotopic (exact) mass is 304 g/mol. The summed E-state index contributed by atoms with van der Waals surface area (Å²) in [6.45, 7) is 2.25. The Morgan fingerprint density at radius 3 is 2.91 bits per heavy atom. The number of carbonyl (C=O) groups is 2. The second kappa shape index (κ2) is 6.50. The second-order valence-electron chi connectivity index (χ2n) is 6.41. The summed E-state index contributed by atoms with van der Waals surface area (Å²) < 4.78 is 1.90. The molecule has 0 bridgehead atoms. The van der Waals surface area contributed by atoms with Crippen molar-refractivity contribution in [1.29, 1.82) is 0 Å². The van der Waals surface area contributed by atoms with Gasteiger partial charge in [-0.25, -0.2) is 0 Å². The van der Waals surface area contributed by atoms with Crippen LogP contribution in [0.5, 0.6) is 0 Å². The SMILES string of the molecule is CN1CC[C@@H](C(=O)N2CCCC[C@@H]2Cn2cccn2)CC1=O. The van der Waals surface area contributed by atoms with Crippen molar-refractivity contribution in [3.63, 3.8) is 0 Å². The molecule has 6 heteroatoms. The number of rotatable bonds is 3. The third kappa shape index (κ3) is 3.15. The lowest BCUT2D eigenvalue weighted by Crippen LogP contribution is -2.50. The van der Waals surface area contributed by atoms with Gasteiger partial charge in [-0.2, -0.15) is 5.10 Å². The Labute approximate surface area is 131 Å². The fourth-order valence-electron chi connectivity index (χ4n) is 3.49. The Morgan fingerprint density at radius 2 is 2.18 bits per heavy atom. The van der Waals surface area contributed by atoms with Crippen molar-refractivity contribution in [2.45, 2.75) is 44.7 Å². The van der Waals surface area contributed by atoms with Crippen molar-refractivity contribution in [2.75, 3.05) is 20.1 Å². The van der Waals surface area contributed by atoms with Gasteiger partial charge >= 0.3 is 0 Å². The first-order chi connectivity index (χ1) is 10.6. The molecule has 1 aromatic rings. The Bertz CT molecular complexity index is 528. The fourth-order valence-corrected chi connectivity index (χ4v) is 3.49. The molecule has 0 unspecified atom stereocenters. The van der Waals surface area contributed by atoms with Gasteiger partial charge in [-0.1, -0.05) is 0 Å². The van der Waals surface area contributed by atoms with Gasteiger partial charge in [0.25, 0.3) is 0 Å². The topological polar surface area (TPSA) is 58.4 Å². The summed E-state index contributed by atoms with van der Waals surface area (Å²) >= 11 is 0. The number of likely N-dealkylation sites (tertiary alicyclic amines) is 2. The van der Waals surface area contributed by atoms with Crippen LogP contribution in [0.15, 0.2) is 18.5 Å². The van der Waals surface area contributed by atoms with E-state index in [4.69, 9.17) is 0 Å². The molecule has 22 heavy (non-hydrogen) atoms. The van der Waals surface area contributed by atoms with Crippen molar-refractivity contribution in [3.05, 3.63) is 18.5 Å². The number of amides is 2. The molecule has 6 nitrogen and oxygen atoms in total. The minimum atomic E-state index is -0.137. The summed E-state index contributed by atoms with van der Waals surface area (Å²) in [7, 11) is 1.81. The zero-order chi connectivity index (χ0) is 15.5. The van der Waals surface area contributed by atoms with E-state index in [9.17, 15) is 9.59 Å². The van der Waals surface area contributed by atoms with Crippen molar-refractivity contribution >= 4 is 11.8 Å². The lowest BCUT2D eigenvalue weighted by molar-refractivity contribution is -0.147. The van der Waals surface area contributed by atoms with Gasteiger partial charge in [0.15, 0.2) is 0 Å². The molecular formula is C16H24N4O2. The molecule has 0 spiro atoms. The van der Waals surface area contributed by atoms with Crippen molar-refractivity contribution in [3.8, 4) is 0 Å². The first kappa shape index (κ1) is 15.1. The van der Waals surface area contributed by atoms with Crippen molar-refractivity contribution in [2.24, 2.45) is 5.92 Å². The zero-order valence-corrected chi connectivity index (χ0v) is 13.1.